The molecule has 0 radical (unpaired) electrons. The standard InChI is InChI=1S/C15H19BrClN3O/c1-4-7-18-14(11-6-5-10(17)8-12(11)16)15-13(21-3)9-19-20(15)2/h5-6,8-9,14,18H,4,7H2,1-3H3. The smallest absolute Gasteiger partial charge is 0.161 e. The fourth-order valence-electron chi connectivity index (χ4n) is 2.29. The third-order valence-corrected chi connectivity index (χ3v) is 4.24. The van der Waals surface area contributed by atoms with Gasteiger partial charge in [0.05, 0.1) is 19.3 Å². The van der Waals surface area contributed by atoms with Crippen LogP contribution in [0.15, 0.2) is 28.9 Å². The van der Waals surface area contributed by atoms with Gasteiger partial charge >= 0.3 is 0 Å². The molecule has 0 saturated heterocycles. The van der Waals surface area contributed by atoms with Crippen molar-refractivity contribution >= 4 is 27.5 Å². The van der Waals surface area contributed by atoms with Crippen molar-refractivity contribution in [2.45, 2.75) is 19.4 Å². The number of nitrogens with zero attached hydrogens (tertiary/aromatic N) is 2. The average Bonchev–Trinajstić information content (AvgIpc) is 2.82. The number of ether oxygens (including phenoxy) is 1. The zero-order chi connectivity index (χ0) is 15.4. The van der Waals surface area contributed by atoms with Crippen LogP contribution in [0.4, 0.5) is 0 Å². The topological polar surface area (TPSA) is 39.1 Å². The molecule has 1 aromatic carbocycles. The highest BCUT2D eigenvalue weighted by Crippen LogP contribution is 2.34. The molecular formula is C15H19BrClN3O. The maximum absolute atomic E-state index is 6.05. The molecule has 4 nitrogen and oxygen atoms in total. The summed E-state index contributed by atoms with van der Waals surface area (Å²) in [7, 11) is 3.58. The Hall–Kier alpha value is -1.04. The van der Waals surface area contributed by atoms with Crippen LogP contribution in [0.25, 0.3) is 0 Å². The van der Waals surface area contributed by atoms with Gasteiger partial charge in [-0.2, -0.15) is 5.10 Å². The lowest BCUT2D eigenvalue weighted by atomic mass is 10.0. The molecule has 1 N–H and O–H groups in total. The van der Waals surface area contributed by atoms with E-state index in [1.807, 2.05) is 29.9 Å². The van der Waals surface area contributed by atoms with E-state index in [0.717, 1.165) is 34.4 Å². The number of hydrogen-bond acceptors (Lipinski definition) is 3. The summed E-state index contributed by atoms with van der Waals surface area (Å²) in [6, 6.07) is 5.80. The Morgan fingerprint density at radius 3 is 2.86 bits per heavy atom. The zero-order valence-electron chi connectivity index (χ0n) is 12.4. The predicted octanol–water partition coefficient (Wildman–Crippen LogP) is 3.93. The third kappa shape index (κ3) is 3.59. The van der Waals surface area contributed by atoms with E-state index < -0.39 is 0 Å². The van der Waals surface area contributed by atoms with Gasteiger partial charge in [-0.3, -0.25) is 4.68 Å². The van der Waals surface area contributed by atoms with Crippen LogP contribution in [0.1, 0.15) is 30.6 Å². The minimum absolute atomic E-state index is 0.0148. The Labute approximate surface area is 138 Å². The number of methoxy groups -OCH3 is 1. The van der Waals surface area contributed by atoms with Gasteiger partial charge in [0, 0.05) is 16.5 Å². The highest BCUT2D eigenvalue weighted by atomic mass is 79.9. The quantitative estimate of drug-likeness (QED) is 0.835. The summed E-state index contributed by atoms with van der Waals surface area (Å²) in [5.41, 5.74) is 2.10. The van der Waals surface area contributed by atoms with E-state index >= 15 is 0 Å². The van der Waals surface area contributed by atoms with Crippen molar-refractivity contribution in [3.05, 3.63) is 45.1 Å². The molecule has 0 aliphatic rings. The number of aryl methyl sites for hydroxylation is 1. The molecule has 0 bridgehead atoms. The lowest BCUT2D eigenvalue weighted by Gasteiger charge is -2.22. The number of hydrogen-bond donors (Lipinski definition) is 1. The van der Waals surface area contributed by atoms with E-state index in [9.17, 15) is 0 Å². The van der Waals surface area contributed by atoms with Gasteiger partial charge in [0.2, 0.25) is 0 Å². The minimum atomic E-state index is -0.0148. The lowest BCUT2D eigenvalue weighted by Crippen LogP contribution is -2.26. The largest absolute Gasteiger partial charge is 0.493 e. The first kappa shape index (κ1) is 16.3. The van der Waals surface area contributed by atoms with Crippen LogP contribution in [-0.4, -0.2) is 23.4 Å². The molecule has 0 saturated carbocycles. The summed E-state index contributed by atoms with van der Waals surface area (Å²) in [5, 5.41) is 8.55. The second-order valence-electron chi connectivity index (χ2n) is 4.77. The third-order valence-electron chi connectivity index (χ3n) is 3.31. The second-order valence-corrected chi connectivity index (χ2v) is 6.07. The van der Waals surface area contributed by atoms with E-state index in [4.69, 9.17) is 16.3 Å². The minimum Gasteiger partial charge on any atom is -0.493 e. The van der Waals surface area contributed by atoms with Gasteiger partial charge in [-0.25, -0.2) is 0 Å². The van der Waals surface area contributed by atoms with Crippen LogP contribution in [0, 0.1) is 0 Å². The van der Waals surface area contributed by atoms with Crippen molar-refractivity contribution in [3.63, 3.8) is 0 Å². The summed E-state index contributed by atoms with van der Waals surface area (Å²) < 4.78 is 8.25. The fourth-order valence-corrected chi connectivity index (χ4v) is 3.20. The molecule has 0 aliphatic carbocycles. The summed E-state index contributed by atoms with van der Waals surface area (Å²) in [4.78, 5) is 0. The number of benzene rings is 1. The van der Waals surface area contributed by atoms with Gasteiger partial charge in [0.15, 0.2) is 5.75 Å². The van der Waals surface area contributed by atoms with Gasteiger partial charge < -0.3 is 10.1 Å². The summed E-state index contributed by atoms with van der Waals surface area (Å²) in [5.74, 6) is 0.771. The number of nitrogens with one attached hydrogen (secondary N) is 1. The Morgan fingerprint density at radius 1 is 1.48 bits per heavy atom. The van der Waals surface area contributed by atoms with Gasteiger partial charge in [-0.15, -0.1) is 0 Å². The summed E-state index contributed by atoms with van der Waals surface area (Å²) >= 11 is 9.65. The normalized spacial score (nSPS) is 12.4. The predicted molar refractivity (Wildman–Crippen MR) is 89.0 cm³/mol. The van der Waals surface area contributed by atoms with E-state index in [1.54, 1.807) is 13.3 Å². The van der Waals surface area contributed by atoms with Crippen molar-refractivity contribution in [2.75, 3.05) is 13.7 Å². The van der Waals surface area contributed by atoms with Crippen molar-refractivity contribution < 1.29 is 4.74 Å². The van der Waals surface area contributed by atoms with Crippen molar-refractivity contribution in [1.29, 1.82) is 0 Å². The molecule has 1 aromatic heterocycles. The Morgan fingerprint density at radius 2 is 2.24 bits per heavy atom. The molecule has 1 heterocycles. The first-order valence-corrected chi connectivity index (χ1v) is 7.99. The molecule has 21 heavy (non-hydrogen) atoms. The number of halogens is 2. The summed E-state index contributed by atoms with van der Waals surface area (Å²) in [6.07, 6.45) is 2.78. The van der Waals surface area contributed by atoms with Crippen LogP contribution in [-0.2, 0) is 7.05 Å². The molecule has 1 atom stereocenters. The maximum Gasteiger partial charge on any atom is 0.161 e. The zero-order valence-corrected chi connectivity index (χ0v) is 14.7. The highest BCUT2D eigenvalue weighted by Gasteiger charge is 2.23. The van der Waals surface area contributed by atoms with Gasteiger partial charge in [0.25, 0.3) is 0 Å². The molecule has 2 rings (SSSR count). The van der Waals surface area contributed by atoms with E-state index in [2.05, 4.69) is 33.3 Å². The fraction of sp³-hybridized carbons (Fsp3) is 0.400. The van der Waals surface area contributed by atoms with Crippen molar-refractivity contribution in [2.24, 2.45) is 7.05 Å². The molecule has 1 unspecified atom stereocenters. The van der Waals surface area contributed by atoms with E-state index in [-0.39, 0.29) is 6.04 Å². The molecule has 0 fully saturated rings. The molecule has 0 aliphatic heterocycles. The van der Waals surface area contributed by atoms with Crippen molar-refractivity contribution in [3.8, 4) is 5.75 Å². The highest BCUT2D eigenvalue weighted by molar-refractivity contribution is 9.10. The van der Waals surface area contributed by atoms with Gasteiger partial charge in [0.1, 0.15) is 5.69 Å². The van der Waals surface area contributed by atoms with Crippen LogP contribution >= 0.6 is 27.5 Å². The molecule has 6 heteroatoms. The van der Waals surface area contributed by atoms with Gasteiger partial charge in [-0.1, -0.05) is 40.5 Å². The molecule has 0 spiro atoms. The van der Waals surface area contributed by atoms with E-state index in [1.165, 1.54) is 0 Å². The summed E-state index contributed by atoms with van der Waals surface area (Å²) in [6.45, 7) is 3.04. The monoisotopic (exact) mass is 371 g/mol. The Bertz CT molecular complexity index is 615. The van der Waals surface area contributed by atoms with Crippen LogP contribution < -0.4 is 10.1 Å². The van der Waals surface area contributed by atoms with Gasteiger partial charge in [-0.05, 0) is 30.7 Å². The molecular weight excluding hydrogens is 354 g/mol. The lowest BCUT2D eigenvalue weighted by molar-refractivity contribution is 0.400. The Balaban J connectivity index is 2.49. The first-order valence-electron chi connectivity index (χ1n) is 6.82. The van der Waals surface area contributed by atoms with Crippen molar-refractivity contribution in [1.82, 2.24) is 15.1 Å². The SMILES string of the molecule is CCCNC(c1ccc(Cl)cc1Br)c1c(OC)cnn1C. The van der Waals surface area contributed by atoms with Crippen LogP contribution in [0.2, 0.25) is 5.02 Å². The van der Waals surface area contributed by atoms with Crippen LogP contribution in [0.5, 0.6) is 5.75 Å². The van der Waals surface area contributed by atoms with E-state index in [0.29, 0.717) is 5.02 Å². The second kappa shape index (κ2) is 7.29. The first-order chi connectivity index (χ1) is 10.1. The molecule has 2 aromatic rings. The number of aromatic nitrogens is 2. The number of rotatable bonds is 6. The maximum atomic E-state index is 6.05. The van der Waals surface area contributed by atoms with Crippen LogP contribution in [0.3, 0.4) is 0 Å². The molecule has 114 valence electrons. The molecule has 0 amide bonds. The Kier molecular flexibility index (Phi) is 5.67. The average molecular weight is 373 g/mol.